The number of hydrogen-bond acceptors (Lipinski definition) is 6. The van der Waals surface area contributed by atoms with Crippen molar-refractivity contribution in [2.45, 2.75) is 32.4 Å². The maximum absolute atomic E-state index is 12.8. The third-order valence-electron chi connectivity index (χ3n) is 4.96. The van der Waals surface area contributed by atoms with Crippen LogP contribution in [0.5, 0.6) is 0 Å². The molecule has 0 aromatic carbocycles. The van der Waals surface area contributed by atoms with E-state index in [1.54, 1.807) is 13.0 Å². The van der Waals surface area contributed by atoms with Gasteiger partial charge in [-0.15, -0.1) is 11.3 Å². The van der Waals surface area contributed by atoms with Crippen molar-refractivity contribution in [2.24, 2.45) is 5.92 Å². The molecule has 2 aliphatic heterocycles. The minimum Gasteiger partial charge on any atom is -0.374 e. The minimum atomic E-state index is -1.12. The van der Waals surface area contributed by atoms with Gasteiger partial charge < -0.3 is 15.4 Å². The summed E-state index contributed by atoms with van der Waals surface area (Å²) in [7, 11) is 0. The molecule has 2 aliphatic rings. The van der Waals surface area contributed by atoms with E-state index in [-0.39, 0.29) is 18.6 Å². The van der Waals surface area contributed by atoms with Crippen molar-refractivity contribution in [1.82, 2.24) is 20.4 Å². The fourth-order valence-electron chi connectivity index (χ4n) is 3.58. The largest absolute Gasteiger partial charge is 0.374 e. The van der Waals surface area contributed by atoms with Gasteiger partial charge in [0.2, 0.25) is 5.91 Å². The number of nitrogens with zero attached hydrogens (tertiary/aromatic N) is 2. The number of carbonyl (C=O) groups excluding carboxylic acids is 3. The van der Waals surface area contributed by atoms with Gasteiger partial charge in [0.15, 0.2) is 5.54 Å². The van der Waals surface area contributed by atoms with E-state index in [1.807, 2.05) is 11.4 Å². The second kappa shape index (κ2) is 8.59. The molecule has 2 N–H and O–H groups in total. The van der Waals surface area contributed by atoms with Crippen LogP contribution in [0, 0.1) is 5.92 Å². The Hall–Kier alpha value is -1.97. The summed E-state index contributed by atoms with van der Waals surface area (Å²) >= 11 is 1.40. The lowest BCUT2D eigenvalue weighted by molar-refractivity contribution is -0.135. The highest BCUT2D eigenvalue weighted by Crippen LogP contribution is 2.31. The molecule has 8 nitrogen and oxygen atoms in total. The highest BCUT2D eigenvalue weighted by atomic mass is 32.1. The Morgan fingerprint density at radius 3 is 2.93 bits per heavy atom. The van der Waals surface area contributed by atoms with E-state index in [0.29, 0.717) is 19.1 Å². The Balaban J connectivity index is 1.51. The van der Waals surface area contributed by atoms with Gasteiger partial charge in [0.1, 0.15) is 6.54 Å². The molecule has 0 radical (unpaired) electrons. The van der Waals surface area contributed by atoms with Crippen LogP contribution in [0.3, 0.4) is 0 Å². The van der Waals surface area contributed by atoms with Gasteiger partial charge >= 0.3 is 6.03 Å². The summed E-state index contributed by atoms with van der Waals surface area (Å²) in [6, 6.07) is 3.08. The van der Waals surface area contributed by atoms with Gasteiger partial charge in [-0.05, 0) is 24.3 Å². The Labute approximate surface area is 169 Å². The summed E-state index contributed by atoms with van der Waals surface area (Å²) in [4.78, 5) is 41.4. The quantitative estimate of drug-likeness (QED) is 0.657. The van der Waals surface area contributed by atoms with Crippen LogP contribution in [0.2, 0.25) is 0 Å². The van der Waals surface area contributed by atoms with Gasteiger partial charge in [-0.25, -0.2) is 4.79 Å². The first kappa shape index (κ1) is 20.8. The van der Waals surface area contributed by atoms with Crippen molar-refractivity contribution in [1.29, 1.82) is 0 Å². The van der Waals surface area contributed by atoms with E-state index in [2.05, 4.69) is 29.4 Å². The molecule has 9 heteroatoms. The molecule has 28 heavy (non-hydrogen) atoms. The minimum absolute atomic E-state index is 0.0871. The molecule has 2 fully saturated rings. The number of ether oxygens (including phenoxy) is 1. The molecule has 0 saturated carbocycles. The maximum Gasteiger partial charge on any atom is 0.325 e. The first-order valence-corrected chi connectivity index (χ1v) is 10.5. The van der Waals surface area contributed by atoms with Crippen molar-refractivity contribution in [3.05, 3.63) is 22.4 Å². The highest BCUT2D eigenvalue weighted by Gasteiger charge is 2.50. The van der Waals surface area contributed by atoms with Crippen LogP contribution >= 0.6 is 11.3 Å². The number of amides is 4. The van der Waals surface area contributed by atoms with Crippen LogP contribution in [0.4, 0.5) is 4.79 Å². The Morgan fingerprint density at radius 2 is 2.25 bits per heavy atom. The first-order valence-electron chi connectivity index (χ1n) is 9.58. The molecule has 2 saturated heterocycles. The van der Waals surface area contributed by atoms with Gasteiger partial charge in [0.25, 0.3) is 5.91 Å². The van der Waals surface area contributed by atoms with Crippen molar-refractivity contribution in [3.63, 3.8) is 0 Å². The summed E-state index contributed by atoms with van der Waals surface area (Å²) in [6.45, 7) is 9.37. The lowest BCUT2D eigenvalue weighted by Crippen LogP contribution is -2.50. The maximum atomic E-state index is 12.8. The average Bonchev–Trinajstić information content (AvgIpc) is 3.24. The zero-order chi connectivity index (χ0) is 20.3. The molecule has 0 aliphatic carbocycles. The van der Waals surface area contributed by atoms with Crippen LogP contribution in [0.25, 0.3) is 0 Å². The van der Waals surface area contributed by atoms with E-state index in [9.17, 15) is 14.4 Å². The molecular weight excluding hydrogens is 380 g/mol. The summed E-state index contributed by atoms with van der Waals surface area (Å²) in [5.74, 6) is -0.207. The van der Waals surface area contributed by atoms with Crippen LogP contribution < -0.4 is 10.6 Å². The van der Waals surface area contributed by atoms with Gasteiger partial charge in [-0.2, -0.15) is 0 Å². The summed E-state index contributed by atoms with van der Waals surface area (Å²) in [5.41, 5.74) is -1.12. The lowest BCUT2D eigenvalue weighted by Gasteiger charge is -2.34. The monoisotopic (exact) mass is 408 g/mol. The number of thiophene rings is 1. The zero-order valence-electron chi connectivity index (χ0n) is 16.6. The molecule has 2 atom stereocenters. The van der Waals surface area contributed by atoms with Gasteiger partial charge in [0, 0.05) is 31.1 Å². The number of carbonyl (C=O) groups is 3. The number of hydrogen-bond donors (Lipinski definition) is 2. The molecule has 4 amide bonds. The van der Waals surface area contributed by atoms with Gasteiger partial charge in [-0.1, -0.05) is 19.9 Å². The summed E-state index contributed by atoms with van der Waals surface area (Å²) in [6.07, 6.45) is -0.0871. The zero-order valence-corrected chi connectivity index (χ0v) is 17.4. The molecule has 1 aromatic heterocycles. The van der Waals surface area contributed by atoms with Crippen molar-refractivity contribution < 1.29 is 19.1 Å². The van der Waals surface area contributed by atoms with Crippen LogP contribution in [0.1, 0.15) is 25.6 Å². The number of imide groups is 1. The van der Waals surface area contributed by atoms with E-state index < -0.39 is 17.5 Å². The second-order valence-corrected chi connectivity index (χ2v) is 8.82. The third kappa shape index (κ3) is 4.53. The number of rotatable bonds is 7. The molecule has 1 aromatic rings. The van der Waals surface area contributed by atoms with Crippen LogP contribution in [-0.2, 0) is 19.9 Å². The molecule has 0 spiro atoms. The fraction of sp³-hybridized carbons (Fsp3) is 0.632. The molecule has 0 bridgehead atoms. The Bertz CT molecular complexity index is 724. The lowest BCUT2D eigenvalue weighted by atomic mass is 10.0. The molecule has 154 valence electrons. The summed E-state index contributed by atoms with van der Waals surface area (Å²) < 4.78 is 5.72. The normalized spacial score (nSPS) is 26.0. The molecule has 0 unspecified atom stereocenters. The second-order valence-electron chi connectivity index (χ2n) is 7.87. The molecule has 3 heterocycles. The standard InChI is InChI=1S/C19H28N4O4S/c1-13(2)10-22-6-7-27-14(11-22)9-20-16(24)12-23-17(25)19(3,21-18(23)26)15-5-4-8-28-15/h4-5,8,13-14H,6-7,9-12H2,1-3H3,(H,20,24)(H,21,26)/t14-,19+/m0/s1. The van der Waals surface area contributed by atoms with Crippen LogP contribution in [-0.4, -0.2) is 73.1 Å². The fourth-order valence-corrected chi connectivity index (χ4v) is 4.42. The third-order valence-corrected chi connectivity index (χ3v) is 6.06. The molecular formula is C19H28N4O4S. The smallest absolute Gasteiger partial charge is 0.325 e. The van der Waals surface area contributed by atoms with Crippen molar-refractivity contribution >= 4 is 29.2 Å². The average molecular weight is 409 g/mol. The van der Waals surface area contributed by atoms with Crippen molar-refractivity contribution in [3.8, 4) is 0 Å². The Kier molecular flexibility index (Phi) is 6.36. The topological polar surface area (TPSA) is 91.0 Å². The number of morpholine rings is 1. The van der Waals surface area contributed by atoms with E-state index in [4.69, 9.17) is 4.74 Å². The Morgan fingerprint density at radius 1 is 1.46 bits per heavy atom. The highest BCUT2D eigenvalue weighted by molar-refractivity contribution is 7.10. The van der Waals surface area contributed by atoms with E-state index >= 15 is 0 Å². The van der Waals surface area contributed by atoms with E-state index in [0.717, 1.165) is 29.4 Å². The molecule has 3 rings (SSSR count). The van der Waals surface area contributed by atoms with Crippen molar-refractivity contribution in [2.75, 3.05) is 39.3 Å². The van der Waals surface area contributed by atoms with Gasteiger partial charge in [0.05, 0.1) is 12.7 Å². The predicted octanol–water partition coefficient (Wildman–Crippen LogP) is 0.988. The van der Waals surface area contributed by atoms with E-state index in [1.165, 1.54) is 11.3 Å². The first-order chi connectivity index (χ1) is 13.3. The predicted molar refractivity (Wildman–Crippen MR) is 106 cm³/mol. The number of urea groups is 1. The van der Waals surface area contributed by atoms with Crippen LogP contribution in [0.15, 0.2) is 17.5 Å². The number of nitrogens with one attached hydrogen (secondary N) is 2. The summed E-state index contributed by atoms with van der Waals surface area (Å²) in [5, 5.41) is 7.35. The van der Waals surface area contributed by atoms with Gasteiger partial charge in [-0.3, -0.25) is 19.4 Å². The SMILES string of the molecule is CC(C)CN1CCO[C@@H](CNC(=O)CN2C(=O)N[C@](C)(c3cccs3)C2=O)C1.